The Hall–Kier alpha value is -0.610. The lowest BCUT2D eigenvalue weighted by molar-refractivity contribution is -0.182. The Morgan fingerprint density at radius 2 is 2.17 bits per heavy atom. The van der Waals surface area contributed by atoms with E-state index in [1.54, 1.807) is 0 Å². The molecular formula is C8H12O4. The molecule has 0 aromatic heterocycles. The van der Waals surface area contributed by atoms with Crippen LogP contribution >= 0.6 is 0 Å². The molecule has 1 aliphatic heterocycles. The molecule has 12 heavy (non-hydrogen) atoms. The summed E-state index contributed by atoms with van der Waals surface area (Å²) < 4.78 is 10.2. The van der Waals surface area contributed by atoms with Gasteiger partial charge in [-0.25, -0.2) is 4.79 Å². The van der Waals surface area contributed by atoms with Crippen molar-refractivity contribution in [3.63, 3.8) is 0 Å². The number of rotatable bonds is 4. The van der Waals surface area contributed by atoms with E-state index in [0.29, 0.717) is 13.2 Å². The van der Waals surface area contributed by atoms with Gasteiger partial charge in [0.15, 0.2) is 6.10 Å². The number of carboxylic acid groups (broad SMARTS) is 1. The molecule has 1 atom stereocenters. The summed E-state index contributed by atoms with van der Waals surface area (Å²) in [7, 11) is 0. The van der Waals surface area contributed by atoms with E-state index in [1.807, 2.05) is 0 Å². The molecule has 1 N–H and O–H groups in total. The third kappa shape index (κ3) is 1.59. The first-order valence-electron chi connectivity index (χ1n) is 4.23. The van der Waals surface area contributed by atoms with Gasteiger partial charge in [-0.3, -0.25) is 0 Å². The predicted molar refractivity (Wildman–Crippen MR) is 39.8 cm³/mol. The van der Waals surface area contributed by atoms with E-state index in [1.165, 1.54) is 0 Å². The fraction of sp³-hybridized carbons (Fsp3) is 0.875. The summed E-state index contributed by atoms with van der Waals surface area (Å²) in [5.74, 6) is -0.576. The van der Waals surface area contributed by atoms with Gasteiger partial charge >= 0.3 is 5.97 Å². The molecule has 4 heteroatoms. The van der Waals surface area contributed by atoms with E-state index < -0.39 is 12.1 Å². The molecule has 0 radical (unpaired) electrons. The fourth-order valence-corrected chi connectivity index (χ4v) is 1.27. The van der Waals surface area contributed by atoms with E-state index in [-0.39, 0.29) is 12.0 Å². The molecule has 1 saturated carbocycles. The van der Waals surface area contributed by atoms with E-state index >= 15 is 0 Å². The Morgan fingerprint density at radius 1 is 1.50 bits per heavy atom. The second-order valence-corrected chi connectivity index (χ2v) is 3.39. The molecule has 2 rings (SSSR count). The lowest BCUT2D eigenvalue weighted by atomic mass is 10.2. The van der Waals surface area contributed by atoms with Crippen LogP contribution in [-0.4, -0.2) is 36.5 Å². The summed E-state index contributed by atoms with van der Waals surface area (Å²) in [6, 6.07) is 0. The summed E-state index contributed by atoms with van der Waals surface area (Å²) >= 11 is 0. The molecule has 1 unspecified atom stereocenters. The predicted octanol–water partition coefficient (Wildman–Crippen LogP) is 0.265. The lowest BCUT2D eigenvalue weighted by Crippen LogP contribution is -2.42. The van der Waals surface area contributed by atoms with Crippen LogP contribution in [0, 0.1) is 5.92 Å². The molecule has 2 aliphatic rings. The molecule has 1 saturated heterocycles. The van der Waals surface area contributed by atoms with Gasteiger partial charge in [0.1, 0.15) is 6.10 Å². The van der Waals surface area contributed by atoms with E-state index in [9.17, 15) is 4.79 Å². The smallest absolute Gasteiger partial charge is 0.333 e. The number of carboxylic acids is 1. The molecule has 1 heterocycles. The van der Waals surface area contributed by atoms with Crippen molar-refractivity contribution in [1.29, 1.82) is 0 Å². The number of hydrogen-bond donors (Lipinski definition) is 1. The minimum atomic E-state index is -0.829. The van der Waals surface area contributed by atoms with Crippen molar-refractivity contribution in [3.05, 3.63) is 0 Å². The van der Waals surface area contributed by atoms with Crippen molar-refractivity contribution >= 4 is 5.97 Å². The SMILES string of the molecule is O=C(O)C(OC1COC1)C1CC1. The molecule has 4 nitrogen and oxygen atoms in total. The van der Waals surface area contributed by atoms with Crippen LogP contribution in [0.2, 0.25) is 0 Å². The Labute approximate surface area is 70.5 Å². The van der Waals surface area contributed by atoms with Gasteiger partial charge in [0.25, 0.3) is 0 Å². The van der Waals surface area contributed by atoms with Crippen LogP contribution in [0.4, 0.5) is 0 Å². The Kier molecular flexibility index (Phi) is 2.02. The molecular weight excluding hydrogens is 160 g/mol. The molecule has 1 aliphatic carbocycles. The lowest BCUT2D eigenvalue weighted by Gasteiger charge is -2.28. The van der Waals surface area contributed by atoms with Gasteiger partial charge in [-0.15, -0.1) is 0 Å². The fourth-order valence-electron chi connectivity index (χ4n) is 1.27. The normalized spacial score (nSPS) is 26.3. The minimum Gasteiger partial charge on any atom is -0.479 e. The van der Waals surface area contributed by atoms with E-state index in [2.05, 4.69) is 0 Å². The number of carbonyl (C=O) groups is 1. The first-order chi connectivity index (χ1) is 5.77. The highest BCUT2D eigenvalue weighted by molar-refractivity contribution is 5.73. The maximum atomic E-state index is 10.7. The Balaban J connectivity index is 1.83. The van der Waals surface area contributed by atoms with Gasteiger partial charge in [0.05, 0.1) is 13.2 Å². The van der Waals surface area contributed by atoms with Crippen molar-refractivity contribution in [2.75, 3.05) is 13.2 Å². The number of aliphatic carboxylic acids is 1. The quantitative estimate of drug-likeness (QED) is 0.661. The van der Waals surface area contributed by atoms with Crippen LogP contribution in [0.25, 0.3) is 0 Å². The van der Waals surface area contributed by atoms with Crippen molar-refractivity contribution in [2.45, 2.75) is 25.0 Å². The summed E-state index contributed by atoms with van der Waals surface area (Å²) in [5, 5.41) is 8.79. The van der Waals surface area contributed by atoms with Gasteiger partial charge in [0.2, 0.25) is 0 Å². The van der Waals surface area contributed by atoms with Gasteiger partial charge in [0, 0.05) is 0 Å². The molecule has 2 fully saturated rings. The molecule has 0 amide bonds. The topological polar surface area (TPSA) is 55.8 Å². The zero-order valence-electron chi connectivity index (χ0n) is 6.73. The molecule has 68 valence electrons. The van der Waals surface area contributed by atoms with Crippen molar-refractivity contribution in [3.8, 4) is 0 Å². The van der Waals surface area contributed by atoms with Crippen molar-refractivity contribution in [2.24, 2.45) is 5.92 Å². The highest BCUT2D eigenvalue weighted by atomic mass is 16.6. The number of hydrogen-bond acceptors (Lipinski definition) is 3. The average molecular weight is 172 g/mol. The van der Waals surface area contributed by atoms with Gasteiger partial charge in [-0.1, -0.05) is 0 Å². The van der Waals surface area contributed by atoms with Crippen molar-refractivity contribution in [1.82, 2.24) is 0 Å². The molecule has 0 aromatic carbocycles. The highest BCUT2D eigenvalue weighted by Crippen LogP contribution is 2.35. The summed E-state index contributed by atoms with van der Waals surface area (Å²) in [4.78, 5) is 10.7. The largest absolute Gasteiger partial charge is 0.479 e. The molecule has 0 aromatic rings. The van der Waals surface area contributed by atoms with E-state index in [4.69, 9.17) is 14.6 Å². The summed E-state index contributed by atoms with van der Waals surface area (Å²) in [5.41, 5.74) is 0. The van der Waals surface area contributed by atoms with Crippen LogP contribution < -0.4 is 0 Å². The van der Waals surface area contributed by atoms with E-state index in [0.717, 1.165) is 12.8 Å². The second kappa shape index (κ2) is 3.03. The third-order valence-corrected chi connectivity index (χ3v) is 2.24. The van der Waals surface area contributed by atoms with Crippen LogP contribution in [0.3, 0.4) is 0 Å². The van der Waals surface area contributed by atoms with Crippen LogP contribution in [-0.2, 0) is 14.3 Å². The first-order valence-corrected chi connectivity index (χ1v) is 4.23. The maximum absolute atomic E-state index is 10.7. The Morgan fingerprint density at radius 3 is 2.50 bits per heavy atom. The van der Waals surface area contributed by atoms with Gasteiger partial charge in [-0.2, -0.15) is 0 Å². The maximum Gasteiger partial charge on any atom is 0.333 e. The van der Waals surface area contributed by atoms with Gasteiger partial charge in [-0.05, 0) is 18.8 Å². The molecule has 0 spiro atoms. The second-order valence-electron chi connectivity index (χ2n) is 3.39. The van der Waals surface area contributed by atoms with Gasteiger partial charge < -0.3 is 14.6 Å². The highest BCUT2D eigenvalue weighted by Gasteiger charge is 2.39. The average Bonchev–Trinajstić information content (AvgIpc) is 2.66. The zero-order chi connectivity index (χ0) is 8.55. The Bertz CT molecular complexity index is 183. The summed E-state index contributed by atoms with van der Waals surface area (Å²) in [6.45, 7) is 1.10. The standard InChI is InChI=1S/C8H12O4/c9-8(10)7(5-1-2-5)12-6-3-11-4-6/h5-7H,1-4H2,(H,9,10). The van der Waals surface area contributed by atoms with Crippen LogP contribution in [0.1, 0.15) is 12.8 Å². The van der Waals surface area contributed by atoms with Crippen molar-refractivity contribution < 1.29 is 19.4 Å². The van der Waals surface area contributed by atoms with Crippen LogP contribution in [0.15, 0.2) is 0 Å². The minimum absolute atomic E-state index is 0.0201. The third-order valence-electron chi connectivity index (χ3n) is 2.24. The molecule has 0 bridgehead atoms. The number of ether oxygens (including phenoxy) is 2. The zero-order valence-corrected chi connectivity index (χ0v) is 6.73. The summed E-state index contributed by atoms with van der Waals surface area (Å²) in [6.07, 6.45) is 1.42. The monoisotopic (exact) mass is 172 g/mol. The van der Waals surface area contributed by atoms with Crippen LogP contribution in [0.5, 0.6) is 0 Å². The first kappa shape index (κ1) is 8.01.